The molecule has 3 amide bonds. The van der Waals surface area contributed by atoms with E-state index in [0.717, 1.165) is 100 Å². The zero-order valence-corrected chi connectivity index (χ0v) is 50.2. The molecule has 0 unspecified atom stereocenters. The number of fused-ring (bicyclic) bond motifs is 8. The van der Waals surface area contributed by atoms with E-state index < -0.39 is 24.1 Å². The second-order valence-electron chi connectivity index (χ2n) is 22.1. The molecule has 21 heteroatoms. The van der Waals surface area contributed by atoms with Gasteiger partial charge in [0.25, 0.3) is 5.91 Å². The number of aliphatic hydroxyl groups is 1. The van der Waals surface area contributed by atoms with E-state index in [2.05, 4.69) is 42.5 Å². The standard InChI is InChI=1S/C65H79N9O11S/c1-45(2)60(74-40-51-10-4-5-12-55(51)63(74)77)64(78)73-41-54(75)38-57(73)62(76)67-39-50-14-13-49(61-46(3)68-44-86-61)37-59(50)85-34-33-81-32-31-80-30-29-79-27-23-71-19-21-72(22-20-71)24-28-84-58-16-15-53-36-52(58)43-83-26-7-6-25-82-42-47-9-8-11-48(35-47)56-17-18-66-65(69-53)70-56/h4-18,35-37,44-45,54,57,60,75H,19-34,38-43H2,1-3H3,(H,67,76)(H,66,69,70)/b7-6+/t54-,57+,60+/m1/s1. The topological polar surface area (TPSA) is 212 Å². The maximum absolute atomic E-state index is 14.3. The van der Waals surface area contributed by atoms with Crippen molar-refractivity contribution in [1.82, 2.24) is 39.9 Å². The number of aliphatic hydroxyl groups excluding tert-OH is 1. The molecule has 0 spiro atoms. The smallest absolute Gasteiger partial charge is 0.255 e. The molecule has 6 bridgehead atoms. The molecule has 0 aliphatic carbocycles. The number of carbonyl (C=O) groups excluding carboxylic acids is 3. The van der Waals surface area contributed by atoms with E-state index in [9.17, 15) is 19.5 Å². The highest BCUT2D eigenvalue weighted by atomic mass is 32.1. The molecule has 456 valence electrons. The number of hydrogen-bond donors (Lipinski definition) is 3. The van der Waals surface area contributed by atoms with Crippen LogP contribution >= 0.6 is 11.3 Å². The molecule has 3 N–H and O–H groups in total. The molecular formula is C65H79N9O11S. The lowest BCUT2D eigenvalue weighted by Gasteiger charge is -2.35. The number of ether oxygens (including phenoxy) is 7. The minimum absolute atomic E-state index is 0.00119. The zero-order chi connectivity index (χ0) is 59.6. The Balaban J connectivity index is 0.604. The van der Waals surface area contributed by atoms with Crippen LogP contribution in [0.1, 0.15) is 58.6 Å². The van der Waals surface area contributed by atoms with Gasteiger partial charge in [0.1, 0.15) is 36.8 Å². The van der Waals surface area contributed by atoms with Crippen molar-refractivity contribution < 1.29 is 52.6 Å². The first kappa shape index (κ1) is 61.9. The van der Waals surface area contributed by atoms with E-state index in [-0.39, 0.29) is 43.8 Å². The first-order valence-corrected chi connectivity index (χ1v) is 30.7. The molecule has 20 nitrogen and oxygen atoms in total. The third-order valence-electron chi connectivity index (χ3n) is 15.7. The van der Waals surface area contributed by atoms with Gasteiger partial charge in [0, 0.05) is 99.5 Å². The zero-order valence-electron chi connectivity index (χ0n) is 49.4. The molecule has 4 aromatic carbocycles. The summed E-state index contributed by atoms with van der Waals surface area (Å²) in [5, 5.41) is 17.2. The summed E-state index contributed by atoms with van der Waals surface area (Å²) in [6.45, 7) is 17.0. The number of benzene rings is 4. The Hall–Kier alpha value is -7.18. The van der Waals surface area contributed by atoms with Crippen molar-refractivity contribution in [2.75, 3.05) is 117 Å². The Kier molecular flexibility index (Phi) is 22.3. The molecule has 10 rings (SSSR count). The first-order chi connectivity index (χ1) is 42.0. The number of β-amino-alcohol motifs (C(OH)–C–C–N with tert-alkyl or cyclic N) is 1. The Morgan fingerprint density at radius 3 is 2.26 bits per heavy atom. The Morgan fingerprint density at radius 1 is 0.767 bits per heavy atom. The number of amides is 3. The fourth-order valence-corrected chi connectivity index (χ4v) is 11.9. The number of piperazine rings is 1. The van der Waals surface area contributed by atoms with Crippen LogP contribution in [-0.2, 0) is 59.6 Å². The van der Waals surface area contributed by atoms with Crippen molar-refractivity contribution in [3.05, 3.63) is 148 Å². The first-order valence-electron chi connectivity index (χ1n) is 29.8. The number of rotatable bonds is 24. The number of thiazole rings is 1. The summed E-state index contributed by atoms with van der Waals surface area (Å²) in [6, 6.07) is 27.6. The maximum Gasteiger partial charge on any atom is 0.255 e. The third kappa shape index (κ3) is 16.7. The highest BCUT2D eigenvalue weighted by molar-refractivity contribution is 7.13. The number of aryl methyl sites for hydroxylation is 1. The van der Waals surface area contributed by atoms with E-state index in [1.165, 1.54) is 16.2 Å². The SMILES string of the molecule is Cc1ncsc1-c1ccc(CNC(=O)[C@@H]2C[C@@H](O)CN2C(=O)[C@H](C(C)C)N2Cc3ccccc3C2=O)c(OCCOCCOCCOCCN2CCN(CCOc3ccc4cc3COC/C=C/COCc3cccc(c3)-c3ccnc(n3)N4)CC2)c1. The van der Waals surface area contributed by atoms with Crippen molar-refractivity contribution in [2.45, 2.75) is 71.7 Å². The van der Waals surface area contributed by atoms with Crippen molar-refractivity contribution in [3.8, 4) is 33.2 Å². The fourth-order valence-electron chi connectivity index (χ4n) is 11.1. The van der Waals surface area contributed by atoms with Crippen LogP contribution in [0.2, 0.25) is 0 Å². The van der Waals surface area contributed by atoms with E-state index >= 15 is 0 Å². The summed E-state index contributed by atoms with van der Waals surface area (Å²) in [4.78, 5) is 64.3. The van der Waals surface area contributed by atoms with Crippen LogP contribution in [0, 0.1) is 12.8 Å². The monoisotopic (exact) mass is 1190 g/mol. The van der Waals surface area contributed by atoms with Crippen LogP contribution in [0.3, 0.4) is 0 Å². The summed E-state index contributed by atoms with van der Waals surface area (Å²) in [5.41, 5.74) is 10.5. The molecule has 3 atom stereocenters. The van der Waals surface area contributed by atoms with Gasteiger partial charge in [-0.2, -0.15) is 0 Å². The summed E-state index contributed by atoms with van der Waals surface area (Å²) < 4.78 is 42.2. The van der Waals surface area contributed by atoms with Crippen molar-refractivity contribution >= 4 is 40.7 Å². The summed E-state index contributed by atoms with van der Waals surface area (Å²) in [7, 11) is 0. The number of aromatic nitrogens is 3. The van der Waals surface area contributed by atoms with Crippen LogP contribution in [0.15, 0.2) is 115 Å². The minimum atomic E-state index is -0.910. The molecule has 6 aromatic rings. The van der Waals surface area contributed by atoms with E-state index in [0.29, 0.717) is 96.5 Å². The molecule has 4 aliphatic rings. The average Bonchev–Trinajstić information content (AvgIpc) is 4.09. The predicted octanol–water partition coefficient (Wildman–Crippen LogP) is 7.31. The second-order valence-corrected chi connectivity index (χ2v) is 23.0. The summed E-state index contributed by atoms with van der Waals surface area (Å²) in [6.07, 6.45) is 4.94. The van der Waals surface area contributed by atoms with Crippen molar-refractivity contribution in [1.29, 1.82) is 0 Å². The fraction of sp³-hybridized carbons (Fsp3) is 0.446. The molecule has 0 saturated carbocycles. The van der Waals surface area contributed by atoms with Gasteiger partial charge in [-0.1, -0.05) is 74.5 Å². The van der Waals surface area contributed by atoms with E-state index in [1.54, 1.807) is 22.7 Å². The van der Waals surface area contributed by atoms with Gasteiger partial charge in [-0.3, -0.25) is 24.2 Å². The minimum Gasteiger partial charge on any atom is -0.492 e. The highest BCUT2D eigenvalue weighted by Crippen LogP contribution is 2.34. The molecule has 0 radical (unpaired) electrons. The molecular weight excluding hydrogens is 1110 g/mol. The lowest BCUT2D eigenvalue weighted by molar-refractivity contribution is -0.143. The van der Waals surface area contributed by atoms with Gasteiger partial charge >= 0.3 is 0 Å². The van der Waals surface area contributed by atoms with Gasteiger partial charge in [0.05, 0.1) is 93.9 Å². The molecule has 4 aliphatic heterocycles. The van der Waals surface area contributed by atoms with Gasteiger partial charge in [-0.25, -0.2) is 15.0 Å². The summed E-state index contributed by atoms with van der Waals surface area (Å²) in [5.74, 6) is 0.691. The molecule has 2 fully saturated rings. The van der Waals surface area contributed by atoms with Crippen LogP contribution < -0.4 is 20.1 Å². The maximum atomic E-state index is 14.3. The van der Waals surface area contributed by atoms with Gasteiger partial charge in [-0.05, 0) is 72.0 Å². The number of nitrogens with one attached hydrogen (secondary N) is 2. The largest absolute Gasteiger partial charge is 0.492 e. The predicted molar refractivity (Wildman–Crippen MR) is 327 cm³/mol. The molecule has 2 aromatic heterocycles. The lowest BCUT2D eigenvalue weighted by Crippen LogP contribution is -2.55. The van der Waals surface area contributed by atoms with Crippen LogP contribution in [-0.4, -0.2) is 187 Å². The van der Waals surface area contributed by atoms with Crippen molar-refractivity contribution in [2.24, 2.45) is 5.92 Å². The number of likely N-dealkylation sites (tertiary alicyclic amines) is 1. The number of carbonyl (C=O) groups is 3. The number of hydrogen-bond acceptors (Lipinski definition) is 18. The quantitative estimate of drug-likeness (QED) is 0.0401. The van der Waals surface area contributed by atoms with Crippen LogP contribution in [0.4, 0.5) is 11.6 Å². The van der Waals surface area contributed by atoms with E-state index in [4.69, 9.17) is 38.1 Å². The highest BCUT2D eigenvalue weighted by Gasteiger charge is 2.46. The Bertz CT molecular complexity index is 3240. The van der Waals surface area contributed by atoms with Gasteiger partial charge in [-0.15, -0.1) is 11.3 Å². The molecule has 6 heterocycles. The Labute approximate surface area is 507 Å². The average molecular weight is 1190 g/mol. The van der Waals surface area contributed by atoms with Gasteiger partial charge in [0.15, 0.2) is 0 Å². The number of anilines is 2. The molecule has 86 heavy (non-hydrogen) atoms. The number of nitrogens with zero attached hydrogens (tertiary/aromatic N) is 7. The normalized spacial score (nSPS) is 18.3. The van der Waals surface area contributed by atoms with Gasteiger partial charge in [0.2, 0.25) is 17.8 Å². The second kappa shape index (κ2) is 30.9. The Morgan fingerprint density at radius 2 is 1.50 bits per heavy atom. The van der Waals surface area contributed by atoms with Crippen LogP contribution in [0.25, 0.3) is 21.7 Å². The molecule has 2 saturated heterocycles. The van der Waals surface area contributed by atoms with Gasteiger partial charge < -0.3 is 58.7 Å². The lowest BCUT2D eigenvalue weighted by atomic mass is 10.0. The van der Waals surface area contributed by atoms with E-state index in [1.807, 2.05) is 106 Å². The third-order valence-corrected chi connectivity index (χ3v) is 16.7. The van der Waals surface area contributed by atoms with Crippen LogP contribution in [0.5, 0.6) is 11.5 Å². The summed E-state index contributed by atoms with van der Waals surface area (Å²) >= 11 is 1.54. The van der Waals surface area contributed by atoms with Crippen molar-refractivity contribution in [3.63, 3.8) is 0 Å².